The quantitative estimate of drug-likeness (QED) is 0.489. The van der Waals surface area contributed by atoms with Gasteiger partial charge in [-0.25, -0.2) is 0 Å². The first-order valence-corrected chi connectivity index (χ1v) is 3.52. The van der Waals surface area contributed by atoms with Crippen LogP contribution in [-0.2, 0) is 0 Å². The van der Waals surface area contributed by atoms with E-state index in [-0.39, 0.29) is 0 Å². The van der Waals surface area contributed by atoms with Gasteiger partial charge in [0.1, 0.15) is 0 Å². The van der Waals surface area contributed by atoms with Gasteiger partial charge in [-0.05, 0) is 31.8 Å². The van der Waals surface area contributed by atoms with E-state index >= 15 is 0 Å². The molecule has 0 amide bonds. The maximum atomic E-state index is 3.37. The minimum atomic E-state index is 1.20. The summed E-state index contributed by atoms with van der Waals surface area (Å²) in [5, 5.41) is 0. The van der Waals surface area contributed by atoms with Gasteiger partial charge in [0.2, 0.25) is 0 Å². The fraction of sp³-hybridized carbons (Fsp3) is 0.750. The van der Waals surface area contributed by atoms with E-state index in [0.29, 0.717) is 0 Å². The zero-order chi connectivity index (χ0) is 5.82. The Bertz CT molecular complexity index is 84.2. The van der Waals surface area contributed by atoms with E-state index in [9.17, 15) is 0 Å². The van der Waals surface area contributed by atoms with E-state index in [1.165, 1.54) is 32.1 Å². The highest BCUT2D eigenvalue weighted by Gasteiger charge is 2.08. The van der Waals surface area contributed by atoms with Crippen LogP contribution >= 0.6 is 0 Å². The minimum absolute atomic E-state index is 1.20. The van der Waals surface area contributed by atoms with Crippen LogP contribution in [0.4, 0.5) is 0 Å². The molecule has 0 bridgehead atoms. The Hall–Kier alpha value is -0.260. The first-order valence-electron chi connectivity index (χ1n) is 3.52. The highest BCUT2D eigenvalue weighted by molar-refractivity contribution is 5.11. The van der Waals surface area contributed by atoms with Gasteiger partial charge in [-0.3, -0.25) is 0 Å². The average Bonchev–Trinajstić information content (AvgIpc) is 2.51. The molecule has 0 saturated heterocycles. The van der Waals surface area contributed by atoms with E-state index in [2.05, 4.69) is 13.0 Å². The summed E-state index contributed by atoms with van der Waals surface area (Å²) in [6.07, 6.45) is 9.88. The molecule has 45 valence electrons. The van der Waals surface area contributed by atoms with E-state index in [0.717, 1.165) is 0 Å². The third-order valence-corrected chi connectivity index (χ3v) is 1.41. The van der Waals surface area contributed by atoms with Crippen molar-refractivity contribution in [3.63, 3.8) is 0 Å². The second-order valence-electron chi connectivity index (χ2n) is 2.38. The Labute approximate surface area is 51.6 Å². The predicted molar refractivity (Wildman–Crippen MR) is 35.5 cm³/mol. The average molecular weight is 109 g/mol. The summed E-state index contributed by atoms with van der Waals surface area (Å²) in [4.78, 5) is 0. The van der Waals surface area contributed by atoms with Crippen LogP contribution in [0.2, 0.25) is 0 Å². The summed E-state index contributed by atoms with van der Waals surface area (Å²) in [6.45, 7) is 2.22. The van der Waals surface area contributed by atoms with Crippen LogP contribution in [-0.4, -0.2) is 0 Å². The molecule has 0 heterocycles. The van der Waals surface area contributed by atoms with Crippen molar-refractivity contribution >= 4 is 0 Å². The van der Waals surface area contributed by atoms with Crippen molar-refractivity contribution in [3.05, 3.63) is 11.6 Å². The molecule has 0 nitrogen and oxygen atoms in total. The molecule has 1 rings (SSSR count). The van der Waals surface area contributed by atoms with E-state index < -0.39 is 0 Å². The van der Waals surface area contributed by atoms with Gasteiger partial charge >= 0.3 is 0 Å². The Morgan fingerprint density at radius 1 is 1.50 bits per heavy atom. The molecule has 0 heteroatoms. The third kappa shape index (κ3) is 2.15. The molecule has 0 aliphatic heterocycles. The lowest BCUT2D eigenvalue weighted by Gasteiger charge is -1.83. The minimum Gasteiger partial charge on any atom is -0.0661 e. The van der Waals surface area contributed by atoms with Gasteiger partial charge in [-0.15, -0.1) is 0 Å². The van der Waals surface area contributed by atoms with Crippen molar-refractivity contribution in [1.82, 2.24) is 0 Å². The molecule has 1 saturated carbocycles. The molecule has 1 radical (unpaired) electrons. The predicted octanol–water partition coefficient (Wildman–Crippen LogP) is 2.70. The molecule has 0 unspecified atom stereocenters. The Morgan fingerprint density at radius 3 is 2.75 bits per heavy atom. The van der Waals surface area contributed by atoms with Crippen molar-refractivity contribution in [2.45, 2.75) is 39.0 Å². The Morgan fingerprint density at radius 2 is 2.25 bits per heavy atom. The number of allylic oxidation sites excluding steroid dienone is 2. The van der Waals surface area contributed by atoms with Crippen molar-refractivity contribution in [1.29, 1.82) is 0 Å². The first-order chi connectivity index (χ1) is 3.93. The fourth-order valence-electron chi connectivity index (χ4n) is 0.681. The van der Waals surface area contributed by atoms with E-state index in [1.807, 2.05) is 0 Å². The van der Waals surface area contributed by atoms with Crippen LogP contribution in [0.1, 0.15) is 39.0 Å². The smallest absolute Gasteiger partial charge is 0.0277 e. The van der Waals surface area contributed by atoms with Gasteiger partial charge in [-0.1, -0.05) is 18.9 Å². The van der Waals surface area contributed by atoms with Crippen LogP contribution in [0.15, 0.2) is 5.57 Å². The molecule has 0 atom stereocenters. The fourth-order valence-corrected chi connectivity index (χ4v) is 0.681. The molecule has 0 aromatic carbocycles. The van der Waals surface area contributed by atoms with Gasteiger partial charge in [0.25, 0.3) is 0 Å². The van der Waals surface area contributed by atoms with E-state index in [1.54, 1.807) is 5.57 Å². The number of hydrogen-bond acceptors (Lipinski definition) is 0. The van der Waals surface area contributed by atoms with Crippen LogP contribution in [0.5, 0.6) is 0 Å². The van der Waals surface area contributed by atoms with Gasteiger partial charge < -0.3 is 0 Å². The Balaban J connectivity index is 1.95. The molecule has 0 N–H and O–H groups in total. The number of hydrogen-bond donors (Lipinski definition) is 0. The van der Waals surface area contributed by atoms with Crippen molar-refractivity contribution < 1.29 is 0 Å². The van der Waals surface area contributed by atoms with Gasteiger partial charge in [0.05, 0.1) is 0 Å². The van der Waals surface area contributed by atoms with Crippen LogP contribution in [0.25, 0.3) is 0 Å². The van der Waals surface area contributed by atoms with Gasteiger partial charge in [-0.2, -0.15) is 0 Å². The molecule has 8 heavy (non-hydrogen) atoms. The highest BCUT2D eigenvalue weighted by Crippen LogP contribution is 2.27. The largest absolute Gasteiger partial charge is 0.0661 e. The molecule has 1 aliphatic rings. The molecular formula is C8H13. The molecule has 0 spiro atoms. The third-order valence-electron chi connectivity index (χ3n) is 1.41. The maximum absolute atomic E-state index is 3.37. The molecule has 0 aromatic rings. The highest BCUT2D eigenvalue weighted by atomic mass is 14.1. The molecular weight excluding hydrogens is 96.1 g/mol. The van der Waals surface area contributed by atoms with Crippen molar-refractivity contribution in [2.75, 3.05) is 0 Å². The summed E-state index contributed by atoms with van der Waals surface area (Å²) < 4.78 is 0. The molecule has 1 aliphatic carbocycles. The standard InChI is InChI=1S/C8H13/c1-2-3-4-5-8-6-7-8/h2-4,6-7H2,1H3. The summed E-state index contributed by atoms with van der Waals surface area (Å²) >= 11 is 0. The number of unbranched alkanes of at least 4 members (excludes halogenated alkanes) is 2. The van der Waals surface area contributed by atoms with Crippen molar-refractivity contribution in [2.24, 2.45) is 0 Å². The van der Waals surface area contributed by atoms with E-state index in [4.69, 9.17) is 0 Å². The maximum Gasteiger partial charge on any atom is -0.0277 e. The normalized spacial score (nSPS) is 16.4. The summed E-state index contributed by atoms with van der Waals surface area (Å²) in [6, 6.07) is 0. The second-order valence-corrected chi connectivity index (χ2v) is 2.38. The Kier molecular flexibility index (Phi) is 2.13. The first kappa shape index (κ1) is 5.87. The lowest BCUT2D eigenvalue weighted by atomic mass is 10.2. The van der Waals surface area contributed by atoms with Crippen LogP contribution in [0.3, 0.4) is 0 Å². The van der Waals surface area contributed by atoms with Gasteiger partial charge in [0.15, 0.2) is 0 Å². The van der Waals surface area contributed by atoms with Gasteiger partial charge in [0, 0.05) is 0 Å². The summed E-state index contributed by atoms with van der Waals surface area (Å²) in [5.74, 6) is 0. The van der Waals surface area contributed by atoms with Crippen molar-refractivity contribution in [3.8, 4) is 0 Å². The van der Waals surface area contributed by atoms with Crippen LogP contribution in [0, 0.1) is 6.08 Å². The summed E-state index contributed by atoms with van der Waals surface area (Å²) in [5.41, 5.74) is 1.57. The zero-order valence-corrected chi connectivity index (χ0v) is 5.54. The molecule has 0 aromatic heterocycles. The topological polar surface area (TPSA) is 0 Å². The van der Waals surface area contributed by atoms with Crippen LogP contribution < -0.4 is 0 Å². The molecule has 1 fully saturated rings. The zero-order valence-electron chi connectivity index (χ0n) is 5.54. The number of rotatable bonds is 3. The SMILES string of the molecule is CCCC[C]=C1CC1. The second kappa shape index (κ2) is 2.91. The monoisotopic (exact) mass is 109 g/mol. The summed E-state index contributed by atoms with van der Waals surface area (Å²) in [7, 11) is 0. The lowest BCUT2D eigenvalue weighted by Crippen LogP contribution is -1.65. The lowest BCUT2D eigenvalue weighted by molar-refractivity contribution is 0.802.